The molecule has 1 saturated heterocycles. The first-order valence-corrected chi connectivity index (χ1v) is 7.86. The van der Waals surface area contributed by atoms with E-state index in [1.165, 1.54) is 0 Å². The molecule has 0 N–H and O–H groups in total. The van der Waals surface area contributed by atoms with Gasteiger partial charge in [-0.25, -0.2) is 4.68 Å². The molecule has 1 fully saturated rings. The topological polar surface area (TPSA) is 50.6 Å². The lowest BCUT2D eigenvalue weighted by molar-refractivity contribution is -0.136. The molecule has 0 atom stereocenters. The number of aromatic nitrogens is 2. The molecule has 122 valence electrons. The average Bonchev–Trinajstić information content (AvgIpc) is 3.04. The number of amides is 1. The Kier molecular flexibility index (Phi) is 5.05. The molecule has 23 heavy (non-hydrogen) atoms. The third-order valence-electron chi connectivity index (χ3n) is 3.87. The van der Waals surface area contributed by atoms with E-state index in [2.05, 4.69) is 5.10 Å². The number of hydrogen-bond donors (Lipinski definition) is 0. The molecule has 1 aliphatic rings. The first kappa shape index (κ1) is 15.7. The van der Waals surface area contributed by atoms with E-state index in [0.717, 1.165) is 11.4 Å². The number of rotatable bonds is 5. The minimum absolute atomic E-state index is 0.151. The van der Waals surface area contributed by atoms with Crippen LogP contribution in [0, 0.1) is 0 Å². The molecule has 1 aliphatic heterocycles. The monoisotopic (exact) mass is 314 g/mol. The molecular weight excluding hydrogens is 292 g/mol. The minimum Gasteiger partial charge on any atom is -0.378 e. The fourth-order valence-corrected chi connectivity index (χ4v) is 2.65. The predicted octanol–water partition coefficient (Wildman–Crippen LogP) is 1.16. The van der Waals surface area contributed by atoms with Gasteiger partial charge < -0.3 is 9.64 Å². The second-order valence-electron chi connectivity index (χ2n) is 5.75. The van der Waals surface area contributed by atoms with Crippen LogP contribution in [-0.4, -0.2) is 65.4 Å². The highest BCUT2D eigenvalue weighted by molar-refractivity contribution is 5.78. The number of carbonyl (C=O) groups is 1. The summed E-state index contributed by atoms with van der Waals surface area (Å²) in [6, 6.07) is 12.0. The summed E-state index contributed by atoms with van der Waals surface area (Å²) >= 11 is 0. The largest absolute Gasteiger partial charge is 0.378 e. The highest BCUT2D eigenvalue weighted by Gasteiger charge is 2.18. The highest BCUT2D eigenvalue weighted by atomic mass is 16.5. The number of nitrogens with zero attached hydrogens (tertiary/aromatic N) is 4. The van der Waals surface area contributed by atoms with Crippen molar-refractivity contribution in [1.82, 2.24) is 19.6 Å². The van der Waals surface area contributed by atoms with Crippen molar-refractivity contribution in [1.29, 1.82) is 0 Å². The third kappa shape index (κ3) is 4.18. The maximum atomic E-state index is 12.2. The molecule has 1 aromatic heterocycles. The molecule has 6 nitrogen and oxygen atoms in total. The second-order valence-corrected chi connectivity index (χ2v) is 5.75. The van der Waals surface area contributed by atoms with Gasteiger partial charge in [-0.1, -0.05) is 18.2 Å². The zero-order valence-corrected chi connectivity index (χ0v) is 13.4. The van der Waals surface area contributed by atoms with Crippen LogP contribution in [0.25, 0.3) is 5.69 Å². The smallest absolute Gasteiger partial charge is 0.236 e. The lowest BCUT2D eigenvalue weighted by atomic mass is 10.3. The molecule has 1 aromatic carbocycles. The zero-order chi connectivity index (χ0) is 16.1. The van der Waals surface area contributed by atoms with E-state index in [1.807, 2.05) is 64.1 Å². The fourth-order valence-electron chi connectivity index (χ4n) is 2.65. The van der Waals surface area contributed by atoms with Gasteiger partial charge in [0.2, 0.25) is 5.91 Å². The van der Waals surface area contributed by atoms with Crippen molar-refractivity contribution in [3.05, 3.63) is 48.3 Å². The standard InChI is InChI=1S/C17H22N4O2/c1-19(14-17(22)20-9-11-23-12-10-20)13-15-7-8-21(18-15)16-5-3-2-4-6-16/h2-8H,9-14H2,1H3. The van der Waals surface area contributed by atoms with E-state index in [-0.39, 0.29) is 5.91 Å². The van der Waals surface area contributed by atoms with E-state index in [0.29, 0.717) is 39.4 Å². The Balaban J connectivity index is 1.54. The maximum absolute atomic E-state index is 12.2. The van der Waals surface area contributed by atoms with Gasteiger partial charge in [0.15, 0.2) is 0 Å². The number of morpholine rings is 1. The van der Waals surface area contributed by atoms with Crippen molar-refractivity contribution in [2.24, 2.45) is 0 Å². The van der Waals surface area contributed by atoms with Gasteiger partial charge in [0.25, 0.3) is 0 Å². The fraction of sp³-hybridized carbons (Fsp3) is 0.412. The van der Waals surface area contributed by atoms with Crippen molar-refractivity contribution < 1.29 is 9.53 Å². The summed E-state index contributed by atoms with van der Waals surface area (Å²) in [5, 5.41) is 4.57. The van der Waals surface area contributed by atoms with Gasteiger partial charge in [0.05, 0.1) is 31.1 Å². The lowest BCUT2D eigenvalue weighted by Crippen LogP contribution is -2.44. The van der Waals surface area contributed by atoms with Crippen LogP contribution in [0.5, 0.6) is 0 Å². The van der Waals surface area contributed by atoms with Crippen LogP contribution in [0.2, 0.25) is 0 Å². The Bertz CT molecular complexity index is 635. The molecule has 0 unspecified atom stereocenters. The van der Waals surface area contributed by atoms with E-state index in [1.54, 1.807) is 0 Å². The summed E-state index contributed by atoms with van der Waals surface area (Å²) in [6.45, 7) is 3.70. The van der Waals surface area contributed by atoms with Crippen LogP contribution in [0.15, 0.2) is 42.6 Å². The lowest BCUT2D eigenvalue weighted by Gasteiger charge is -2.28. The van der Waals surface area contributed by atoms with Crippen LogP contribution in [0.3, 0.4) is 0 Å². The molecular formula is C17H22N4O2. The minimum atomic E-state index is 0.151. The summed E-state index contributed by atoms with van der Waals surface area (Å²) in [5.41, 5.74) is 1.98. The van der Waals surface area contributed by atoms with Gasteiger partial charge in [0.1, 0.15) is 0 Å². The Hall–Kier alpha value is -2.18. The van der Waals surface area contributed by atoms with Crippen molar-refractivity contribution in [3.63, 3.8) is 0 Å². The molecule has 1 amide bonds. The van der Waals surface area contributed by atoms with Gasteiger partial charge in [-0.2, -0.15) is 5.10 Å². The highest BCUT2D eigenvalue weighted by Crippen LogP contribution is 2.08. The van der Waals surface area contributed by atoms with Gasteiger partial charge in [0, 0.05) is 25.8 Å². The first-order chi connectivity index (χ1) is 11.2. The number of hydrogen-bond acceptors (Lipinski definition) is 4. The SMILES string of the molecule is CN(CC(=O)N1CCOCC1)Cc1ccn(-c2ccccc2)n1. The number of benzene rings is 1. The average molecular weight is 314 g/mol. The van der Waals surface area contributed by atoms with Gasteiger partial charge in [-0.3, -0.25) is 9.69 Å². The molecule has 0 radical (unpaired) electrons. The van der Waals surface area contributed by atoms with Crippen molar-refractivity contribution in [3.8, 4) is 5.69 Å². The van der Waals surface area contributed by atoms with E-state index >= 15 is 0 Å². The summed E-state index contributed by atoms with van der Waals surface area (Å²) < 4.78 is 7.13. The Morgan fingerprint density at radius 3 is 2.70 bits per heavy atom. The summed E-state index contributed by atoms with van der Waals surface area (Å²) in [7, 11) is 1.94. The Morgan fingerprint density at radius 2 is 1.96 bits per heavy atom. The van der Waals surface area contributed by atoms with Crippen LogP contribution < -0.4 is 0 Å². The second kappa shape index (κ2) is 7.39. The predicted molar refractivity (Wildman–Crippen MR) is 87.3 cm³/mol. The van der Waals surface area contributed by atoms with Crippen molar-refractivity contribution in [2.75, 3.05) is 39.9 Å². The zero-order valence-electron chi connectivity index (χ0n) is 13.4. The van der Waals surface area contributed by atoms with Gasteiger partial charge in [-0.05, 0) is 25.2 Å². The van der Waals surface area contributed by atoms with Crippen LogP contribution in [0.1, 0.15) is 5.69 Å². The van der Waals surface area contributed by atoms with Crippen LogP contribution >= 0.6 is 0 Å². The number of carbonyl (C=O) groups excluding carboxylic acids is 1. The molecule has 0 bridgehead atoms. The third-order valence-corrected chi connectivity index (χ3v) is 3.87. The van der Waals surface area contributed by atoms with Crippen LogP contribution in [-0.2, 0) is 16.1 Å². The van der Waals surface area contributed by atoms with Crippen molar-refractivity contribution in [2.45, 2.75) is 6.54 Å². The molecule has 0 saturated carbocycles. The van der Waals surface area contributed by atoms with E-state index < -0.39 is 0 Å². The normalized spacial score (nSPS) is 15.1. The van der Waals surface area contributed by atoms with Gasteiger partial charge >= 0.3 is 0 Å². The van der Waals surface area contributed by atoms with Gasteiger partial charge in [-0.15, -0.1) is 0 Å². The molecule has 6 heteroatoms. The quantitative estimate of drug-likeness (QED) is 0.831. The Labute approximate surface area is 136 Å². The summed E-state index contributed by atoms with van der Waals surface area (Å²) in [4.78, 5) is 16.1. The summed E-state index contributed by atoms with van der Waals surface area (Å²) in [6.07, 6.45) is 1.95. The first-order valence-electron chi connectivity index (χ1n) is 7.86. The van der Waals surface area contributed by atoms with E-state index in [9.17, 15) is 4.79 Å². The summed E-state index contributed by atoms with van der Waals surface area (Å²) in [5.74, 6) is 0.151. The Morgan fingerprint density at radius 1 is 1.22 bits per heavy atom. The maximum Gasteiger partial charge on any atom is 0.236 e. The van der Waals surface area contributed by atoms with E-state index in [4.69, 9.17) is 4.74 Å². The number of para-hydroxylation sites is 1. The molecule has 2 heterocycles. The molecule has 0 aliphatic carbocycles. The van der Waals surface area contributed by atoms with Crippen molar-refractivity contribution >= 4 is 5.91 Å². The number of ether oxygens (including phenoxy) is 1. The molecule has 3 rings (SSSR count). The van der Waals surface area contributed by atoms with Crippen LogP contribution in [0.4, 0.5) is 0 Å². The molecule has 2 aromatic rings. The molecule has 0 spiro atoms. The number of likely N-dealkylation sites (N-methyl/N-ethyl adjacent to an activating group) is 1.